The van der Waals surface area contributed by atoms with Crippen molar-refractivity contribution in [3.63, 3.8) is 0 Å². The quantitative estimate of drug-likeness (QED) is 0.457. The fourth-order valence-electron chi connectivity index (χ4n) is 1.52. The van der Waals surface area contributed by atoms with Crippen molar-refractivity contribution in [1.82, 2.24) is 0 Å². The highest BCUT2D eigenvalue weighted by Gasteiger charge is 2.14. The van der Waals surface area contributed by atoms with Crippen LogP contribution in [0.3, 0.4) is 0 Å². The summed E-state index contributed by atoms with van der Waals surface area (Å²) in [7, 11) is 0. The predicted octanol–water partition coefficient (Wildman–Crippen LogP) is 2.24. The number of nitro groups is 1. The van der Waals surface area contributed by atoms with Crippen molar-refractivity contribution in [3.8, 4) is 0 Å². The maximum absolute atomic E-state index is 10.9. The average Bonchev–Trinajstić information content (AvgIpc) is 2.36. The van der Waals surface area contributed by atoms with Gasteiger partial charge in [0, 0.05) is 24.8 Å². The largest absolute Gasteiger partial charge is 0.377 e. The number of nitrogens with zero attached hydrogens (tertiary/aromatic N) is 1. The summed E-state index contributed by atoms with van der Waals surface area (Å²) >= 11 is 0. The van der Waals surface area contributed by atoms with Crippen molar-refractivity contribution < 1.29 is 14.5 Å². The first-order valence-electron chi connectivity index (χ1n) is 5.67. The van der Waals surface area contributed by atoms with Crippen molar-refractivity contribution in [3.05, 3.63) is 33.9 Å². The molecule has 0 radical (unpaired) electrons. The van der Waals surface area contributed by atoms with Gasteiger partial charge in [-0.25, -0.2) is 0 Å². The van der Waals surface area contributed by atoms with Crippen molar-refractivity contribution >= 4 is 17.7 Å². The number of carbonyl (C=O) groups excluding carboxylic acids is 1. The molecule has 1 N–H and O–H groups in total. The smallest absolute Gasteiger partial charge is 0.293 e. The lowest BCUT2D eigenvalue weighted by molar-refractivity contribution is -0.384. The van der Waals surface area contributed by atoms with Crippen molar-refractivity contribution in [1.29, 1.82) is 0 Å². The van der Waals surface area contributed by atoms with Gasteiger partial charge < -0.3 is 10.1 Å². The van der Waals surface area contributed by atoms with Crippen LogP contribution in [0, 0.1) is 10.1 Å². The Labute approximate surface area is 105 Å². The van der Waals surface area contributed by atoms with E-state index in [0.717, 1.165) is 0 Å². The molecule has 6 heteroatoms. The van der Waals surface area contributed by atoms with E-state index in [0.29, 0.717) is 25.1 Å². The molecule has 98 valence electrons. The van der Waals surface area contributed by atoms with Gasteiger partial charge in [0.25, 0.3) is 5.69 Å². The first kappa shape index (κ1) is 14.1. The van der Waals surface area contributed by atoms with Crippen molar-refractivity contribution in [2.45, 2.75) is 20.0 Å². The second-order valence-corrected chi connectivity index (χ2v) is 3.80. The number of anilines is 1. The van der Waals surface area contributed by atoms with Crippen molar-refractivity contribution in [2.24, 2.45) is 0 Å². The van der Waals surface area contributed by atoms with Gasteiger partial charge in [-0.05, 0) is 26.0 Å². The van der Waals surface area contributed by atoms with E-state index in [4.69, 9.17) is 4.74 Å². The predicted molar refractivity (Wildman–Crippen MR) is 68.1 cm³/mol. The molecule has 0 saturated carbocycles. The van der Waals surface area contributed by atoms with Gasteiger partial charge in [-0.1, -0.05) is 0 Å². The molecule has 1 atom stereocenters. The summed E-state index contributed by atoms with van der Waals surface area (Å²) in [6, 6.07) is 4.31. The number of benzene rings is 1. The maximum atomic E-state index is 10.9. The number of hydrogen-bond acceptors (Lipinski definition) is 5. The van der Waals surface area contributed by atoms with E-state index < -0.39 is 4.92 Å². The van der Waals surface area contributed by atoms with Crippen LogP contribution in [0.2, 0.25) is 0 Å². The summed E-state index contributed by atoms with van der Waals surface area (Å²) in [6.07, 6.45) is 0.542. The number of nitrogens with one attached hydrogen (secondary N) is 1. The normalized spacial score (nSPS) is 11.9. The highest BCUT2D eigenvalue weighted by Crippen LogP contribution is 2.24. The molecule has 0 fully saturated rings. The minimum Gasteiger partial charge on any atom is -0.377 e. The maximum Gasteiger partial charge on any atom is 0.293 e. The molecule has 0 saturated heterocycles. The van der Waals surface area contributed by atoms with Gasteiger partial charge >= 0.3 is 0 Å². The third kappa shape index (κ3) is 3.81. The van der Waals surface area contributed by atoms with Crippen LogP contribution in [0.25, 0.3) is 0 Å². The van der Waals surface area contributed by atoms with Crippen LogP contribution in [0.1, 0.15) is 24.2 Å². The molecule has 1 unspecified atom stereocenters. The molecule has 1 aromatic carbocycles. The van der Waals surface area contributed by atoms with E-state index in [9.17, 15) is 14.9 Å². The van der Waals surface area contributed by atoms with Crippen LogP contribution in [-0.4, -0.2) is 30.5 Å². The fraction of sp³-hybridized carbons (Fsp3) is 0.417. The SMILES string of the molecule is CCOC(C)CNc1ccc(C=O)cc1[N+](=O)[O-]. The molecule has 0 heterocycles. The van der Waals surface area contributed by atoms with Crippen LogP contribution in [0.5, 0.6) is 0 Å². The second-order valence-electron chi connectivity index (χ2n) is 3.80. The van der Waals surface area contributed by atoms with Crippen LogP contribution in [0.4, 0.5) is 11.4 Å². The van der Waals surface area contributed by atoms with Crippen LogP contribution < -0.4 is 5.32 Å². The molecule has 0 amide bonds. The van der Waals surface area contributed by atoms with Gasteiger partial charge in [0.1, 0.15) is 12.0 Å². The molecule has 18 heavy (non-hydrogen) atoms. The van der Waals surface area contributed by atoms with Gasteiger partial charge in [-0.15, -0.1) is 0 Å². The monoisotopic (exact) mass is 252 g/mol. The number of carbonyl (C=O) groups is 1. The number of rotatable bonds is 7. The van der Waals surface area contributed by atoms with E-state index in [1.165, 1.54) is 18.2 Å². The summed E-state index contributed by atoms with van der Waals surface area (Å²) < 4.78 is 5.32. The van der Waals surface area contributed by atoms with Crippen LogP contribution in [0.15, 0.2) is 18.2 Å². The molecule has 1 aromatic rings. The highest BCUT2D eigenvalue weighted by atomic mass is 16.6. The number of aldehydes is 1. The molecule has 0 aromatic heterocycles. The van der Waals surface area contributed by atoms with Crippen molar-refractivity contribution in [2.75, 3.05) is 18.5 Å². The Morgan fingerprint density at radius 2 is 2.28 bits per heavy atom. The summed E-state index contributed by atoms with van der Waals surface area (Å²) in [5.74, 6) is 0. The minimum absolute atomic E-state index is 0.0413. The Bertz CT molecular complexity index is 434. The molecule has 0 aliphatic rings. The van der Waals surface area contributed by atoms with Crippen LogP contribution in [-0.2, 0) is 4.74 Å². The van der Waals surface area contributed by atoms with Gasteiger partial charge in [-0.2, -0.15) is 0 Å². The molecule has 1 rings (SSSR count). The Morgan fingerprint density at radius 1 is 1.56 bits per heavy atom. The minimum atomic E-state index is -0.513. The van der Waals surface area contributed by atoms with E-state index in [-0.39, 0.29) is 17.4 Å². The lowest BCUT2D eigenvalue weighted by Crippen LogP contribution is -2.20. The topological polar surface area (TPSA) is 81.5 Å². The number of ether oxygens (including phenoxy) is 1. The molecule has 6 nitrogen and oxygen atoms in total. The van der Waals surface area contributed by atoms with Gasteiger partial charge in [0.2, 0.25) is 0 Å². The van der Waals surface area contributed by atoms with Gasteiger partial charge in [-0.3, -0.25) is 14.9 Å². The number of nitro benzene ring substituents is 1. The standard InChI is InChI=1S/C12H16N2O4/c1-3-18-9(2)7-13-11-5-4-10(8-15)6-12(11)14(16)17/h4-6,8-9,13H,3,7H2,1-2H3. The van der Waals surface area contributed by atoms with Gasteiger partial charge in [0.05, 0.1) is 11.0 Å². The molecular formula is C12H16N2O4. The Balaban J connectivity index is 2.81. The lowest BCUT2D eigenvalue weighted by Gasteiger charge is -2.13. The highest BCUT2D eigenvalue weighted by molar-refractivity contribution is 5.79. The molecular weight excluding hydrogens is 236 g/mol. The Morgan fingerprint density at radius 3 is 2.83 bits per heavy atom. The fourth-order valence-corrected chi connectivity index (χ4v) is 1.52. The second kappa shape index (κ2) is 6.70. The van der Waals surface area contributed by atoms with E-state index in [1.807, 2.05) is 13.8 Å². The van der Waals surface area contributed by atoms with E-state index in [2.05, 4.69) is 5.32 Å². The third-order valence-corrected chi connectivity index (χ3v) is 2.39. The summed E-state index contributed by atoms with van der Waals surface area (Å²) in [4.78, 5) is 20.9. The van der Waals surface area contributed by atoms with Crippen LogP contribution >= 0.6 is 0 Å². The Kier molecular flexibility index (Phi) is 5.26. The molecule has 0 aliphatic carbocycles. The zero-order valence-corrected chi connectivity index (χ0v) is 10.4. The first-order valence-corrected chi connectivity index (χ1v) is 5.67. The van der Waals surface area contributed by atoms with E-state index >= 15 is 0 Å². The first-order chi connectivity index (χ1) is 8.58. The summed E-state index contributed by atoms with van der Waals surface area (Å²) in [6.45, 7) is 4.82. The molecule has 0 aliphatic heterocycles. The molecule has 0 spiro atoms. The molecule has 0 bridgehead atoms. The van der Waals surface area contributed by atoms with E-state index in [1.54, 1.807) is 0 Å². The Hall–Kier alpha value is -1.95. The summed E-state index contributed by atoms with van der Waals surface area (Å²) in [5, 5.41) is 13.8. The lowest BCUT2D eigenvalue weighted by atomic mass is 10.2. The van der Waals surface area contributed by atoms with Gasteiger partial charge in [0.15, 0.2) is 0 Å². The average molecular weight is 252 g/mol. The zero-order valence-electron chi connectivity index (χ0n) is 10.4. The third-order valence-electron chi connectivity index (χ3n) is 2.39. The number of hydrogen-bond donors (Lipinski definition) is 1. The zero-order chi connectivity index (χ0) is 13.5. The summed E-state index contributed by atoms with van der Waals surface area (Å²) in [5.41, 5.74) is 0.561.